The fourth-order valence-electron chi connectivity index (χ4n) is 1.57. The Morgan fingerprint density at radius 2 is 2.21 bits per heavy atom. The molecule has 0 aliphatic heterocycles. The largest absolute Gasteiger partial charge is 0.494 e. The molecule has 0 radical (unpaired) electrons. The first-order valence-corrected chi connectivity index (χ1v) is 4.92. The monoisotopic (exact) mass is 207 g/mol. The molecule has 14 heavy (non-hydrogen) atoms. The van der Waals surface area contributed by atoms with Gasteiger partial charge in [-0.05, 0) is 30.4 Å². The Labute approximate surface area is 88.1 Å². The summed E-state index contributed by atoms with van der Waals surface area (Å²) in [5.41, 5.74) is 1.62. The number of ether oxygens (including phenoxy) is 1. The van der Waals surface area contributed by atoms with E-state index in [0.717, 1.165) is 5.56 Å². The summed E-state index contributed by atoms with van der Waals surface area (Å²) in [5.74, 6) is 1.09. The van der Waals surface area contributed by atoms with E-state index in [1.807, 2.05) is 6.07 Å². The van der Waals surface area contributed by atoms with Gasteiger partial charge in [0.25, 0.3) is 0 Å². The topological polar surface area (TPSA) is 33.0 Å². The predicted molar refractivity (Wildman–Crippen MR) is 54.7 cm³/mol. The highest BCUT2D eigenvalue weighted by Gasteiger charge is 2.27. The fraction of sp³-hybridized carbons (Fsp3) is 0.364. The van der Waals surface area contributed by atoms with Crippen LogP contribution < -0.4 is 4.74 Å². The van der Waals surface area contributed by atoms with E-state index in [1.165, 1.54) is 12.8 Å². The van der Waals surface area contributed by atoms with Gasteiger partial charge >= 0.3 is 0 Å². The van der Waals surface area contributed by atoms with Gasteiger partial charge in [0.15, 0.2) is 5.75 Å². The number of methoxy groups -OCH3 is 1. The third-order valence-electron chi connectivity index (χ3n) is 2.47. The van der Waals surface area contributed by atoms with Crippen LogP contribution in [0, 0.1) is 11.3 Å². The third-order valence-corrected chi connectivity index (χ3v) is 2.86. The van der Waals surface area contributed by atoms with Crippen LogP contribution in [0.2, 0.25) is 5.02 Å². The summed E-state index contributed by atoms with van der Waals surface area (Å²) in [6.07, 6.45) is 2.38. The van der Waals surface area contributed by atoms with Gasteiger partial charge in [0, 0.05) is 0 Å². The van der Waals surface area contributed by atoms with Gasteiger partial charge in [0.05, 0.1) is 17.7 Å². The summed E-state index contributed by atoms with van der Waals surface area (Å²) in [7, 11) is 1.54. The van der Waals surface area contributed by atoms with Crippen molar-refractivity contribution < 1.29 is 4.74 Å². The summed E-state index contributed by atoms with van der Waals surface area (Å²) < 4.78 is 5.13. The average molecular weight is 208 g/mol. The Hall–Kier alpha value is -1.20. The van der Waals surface area contributed by atoms with Gasteiger partial charge in [-0.15, -0.1) is 0 Å². The summed E-state index contributed by atoms with van der Waals surface area (Å²) in [5, 5.41) is 9.44. The van der Waals surface area contributed by atoms with Crippen molar-refractivity contribution in [3.63, 3.8) is 0 Å². The van der Waals surface area contributed by atoms with Crippen LogP contribution in [0.4, 0.5) is 0 Å². The Kier molecular flexibility index (Phi) is 2.35. The van der Waals surface area contributed by atoms with E-state index in [0.29, 0.717) is 22.3 Å². The first-order chi connectivity index (χ1) is 6.77. The van der Waals surface area contributed by atoms with Crippen LogP contribution in [0.15, 0.2) is 12.1 Å². The lowest BCUT2D eigenvalue weighted by atomic mass is 10.1. The number of hydrogen-bond donors (Lipinski definition) is 0. The van der Waals surface area contributed by atoms with Crippen LogP contribution in [0.1, 0.15) is 29.9 Å². The minimum atomic E-state index is 0.502. The molecule has 1 aromatic carbocycles. The number of nitrogens with zero attached hydrogens (tertiary/aromatic N) is 1. The average Bonchev–Trinajstić information content (AvgIpc) is 3.00. The maximum atomic E-state index is 8.83. The lowest BCUT2D eigenvalue weighted by Crippen LogP contribution is -1.92. The van der Waals surface area contributed by atoms with E-state index in [-0.39, 0.29) is 0 Å². The molecule has 2 rings (SSSR count). The van der Waals surface area contributed by atoms with Crippen molar-refractivity contribution >= 4 is 11.6 Å². The first kappa shape index (κ1) is 9.36. The van der Waals surface area contributed by atoms with Crippen molar-refractivity contribution in [1.29, 1.82) is 5.26 Å². The highest BCUT2D eigenvalue weighted by Crippen LogP contribution is 2.46. The van der Waals surface area contributed by atoms with Gasteiger partial charge in [-0.25, -0.2) is 0 Å². The van der Waals surface area contributed by atoms with Crippen LogP contribution in [-0.2, 0) is 0 Å². The molecular formula is C11H10ClNO. The molecule has 1 aromatic rings. The van der Waals surface area contributed by atoms with Crippen molar-refractivity contribution in [2.75, 3.05) is 7.11 Å². The molecule has 72 valence electrons. The molecule has 0 amide bonds. The van der Waals surface area contributed by atoms with Crippen LogP contribution in [0.25, 0.3) is 0 Å². The zero-order valence-corrected chi connectivity index (χ0v) is 8.64. The lowest BCUT2D eigenvalue weighted by molar-refractivity contribution is 0.413. The maximum absolute atomic E-state index is 8.83. The van der Waals surface area contributed by atoms with Gasteiger partial charge in [0.1, 0.15) is 6.07 Å². The molecule has 1 saturated carbocycles. The minimum Gasteiger partial charge on any atom is -0.494 e. The number of rotatable bonds is 2. The molecular weight excluding hydrogens is 198 g/mol. The van der Waals surface area contributed by atoms with E-state index in [4.69, 9.17) is 21.6 Å². The maximum Gasteiger partial charge on any atom is 0.155 e. The van der Waals surface area contributed by atoms with E-state index in [9.17, 15) is 0 Å². The Balaban J connectivity index is 2.52. The van der Waals surface area contributed by atoms with Crippen molar-refractivity contribution in [3.05, 3.63) is 28.3 Å². The van der Waals surface area contributed by atoms with Gasteiger partial charge in [0.2, 0.25) is 0 Å². The molecule has 1 aliphatic rings. The molecule has 1 aliphatic carbocycles. The molecule has 0 aromatic heterocycles. The second-order valence-corrected chi connectivity index (χ2v) is 3.81. The van der Waals surface area contributed by atoms with Crippen molar-refractivity contribution in [3.8, 4) is 11.8 Å². The number of halogens is 1. The molecule has 0 bridgehead atoms. The molecule has 0 saturated heterocycles. The van der Waals surface area contributed by atoms with Gasteiger partial charge in [-0.1, -0.05) is 17.7 Å². The standard InChI is InChI=1S/C11H10ClNO/c1-14-11-8(6-13)4-5-9(10(11)12)7-2-3-7/h4-5,7H,2-3H2,1H3. The SMILES string of the molecule is COc1c(C#N)ccc(C2CC2)c1Cl. The number of nitriles is 1. The zero-order valence-electron chi connectivity index (χ0n) is 7.88. The van der Waals surface area contributed by atoms with Crippen molar-refractivity contribution in [2.45, 2.75) is 18.8 Å². The molecule has 0 atom stereocenters. The lowest BCUT2D eigenvalue weighted by Gasteiger charge is -2.09. The summed E-state index contributed by atoms with van der Waals surface area (Å²) in [4.78, 5) is 0. The second kappa shape index (κ2) is 3.51. The van der Waals surface area contributed by atoms with Crippen LogP contribution in [-0.4, -0.2) is 7.11 Å². The minimum absolute atomic E-state index is 0.502. The van der Waals surface area contributed by atoms with Gasteiger partial charge < -0.3 is 4.74 Å². The smallest absolute Gasteiger partial charge is 0.155 e. The normalized spacial score (nSPS) is 14.9. The quantitative estimate of drug-likeness (QED) is 0.747. The molecule has 0 N–H and O–H groups in total. The van der Waals surface area contributed by atoms with Gasteiger partial charge in [-0.3, -0.25) is 0 Å². The fourth-order valence-corrected chi connectivity index (χ4v) is 1.96. The van der Waals surface area contributed by atoms with E-state index < -0.39 is 0 Å². The molecule has 0 spiro atoms. The summed E-state index contributed by atoms with van der Waals surface area (Å²) in [6, 6.07) is 5.77. The van der Waals surface area contributed by atoms with Crippen molar-refractivity contribution in [1.82, 2.24) is 0 Å². The highest BCUT2D eigenvalue weighted by molar-refractivity contribution is 6.33. The van der Waals surface area contributed by atoms with Gasteiger partial charge in [-0.2, -0.15) is 5.26 Å². The summed E-state index contributed by atoms with van der Waals surface area (Å²) >= 11 is 6.15. The van der Waals surface area contributed by atoms with Crippen molar-refractivity contribution in [2.24, 2.45) is 0 Å². The van der Waals surface area contributed by atoms with E-state index in [2.05, 4.69) is 6.07 Å². The van der Waals surface area contributed by atoms with Crippen LogP contribution >= 0.6 is 11.6 Å². The molecule has 2 nitrogen and oxygen atoms in total. The Bertz CT molecular complexity index is 404. The molecule has 3 heteroatoms. The highest BCUT2D eigenvalue weighted by atomic mass is 35.5. The molecule has 0 heterocycles. The Morgan fingerprint density at radius 3 is 2.71 bits per heavy atom. The van der Waals surface area contributed by atoms with E-state index in [1.54, 1.807) is 13.2 Å². The Morgan fingerprint density at radius 1 is 1.50 bits per heavy atom. The second-order valence-electron chi connectivity index (χ2n) is 3.44. The summed E-state index contributed by atoms with van der Waals surface area (Å²) in [6.45, 7) is 0. The van der Waals surface area contributed by atoms with E-state index >= 15 is 0 Å². The first-order valence-electron chi connectivity index (χ1n) is 4.54. The predicted octanol–water partition coefficient (Wildman–Crippen LogP) is 3.10. The molecule has 1 fully saturated rings. The number of benzene rings is 1. The third kappa shape index (κ3) is 1.44. The van der Waals surface area contributed by atoms with Crippen LogP contribution in [0.5, 0.6) is 5.75 Å². The molecule has 0 unspecified atom stereocenters. The number of hydrogen-bond acceptors (Lipinski definition) is 2. The zero-order chi connectivity index (χ0) is 10.1. The van der Waals surface area contributed by atoms with Crippen LogP contribution in [0.3, 0.4) is 0 Å².